The van der Waals surface area contributed by atoms with Crippen LogP contribution in [-0.4, -0.2) is 79.2 Å². The van der Waals surface area contributed by atoms with Crippen LogP contribution < -0.4 is 0 Å². The molecule has 0 spiro atoms. The summed E-state index contributed by atoms with van der Waals surface area (Å²) in [7, 11) is 2.45. The maximum absolute atomic E-state index is 13.9. The van der Waals surface area contributed by atoms with E-state index in [1.54, 1.807) is 21.8 Å². The van der Waals surface area contributed by atoms with Gasteiger partial charge in [0.15, 0.2) is 11.6 Å². The fraction of sp³-hybridized carbons (Fsp3) is 0.385. The van der Waals surface area contributed by atoms with Gasteiger partial charge in [-0.1, -0.05) is 34.7 Å². The van der Waals surface area contributed by atoms with Crippen LogP contribution in [-0.2, 0) is 54.6 Å². The van der Waals surface area contributed by atoms with Gasteiger partial charge in [0.05, 0.1) is 48.5 Å². The summed E-state index contributed by atoms with van der Waals surface area (Å²) in [6.07, 6.45) is 3.33. The Morgan fingerprint density at radius 2 is 1.15 bits per heavy atom. The predicted octanol–water partition coefficient (Wildman–Crippen LogP) is 1.23. The third-order valence-electron chi connectivity index (χ3n) is 7.42. The first-order valence-corrected chi connectivity index (χ1v) is 14.4. The van der Waals surface area contributed by atoms with Gasteiger partial charge in [0.25, 0.3) is 0 Å². The molecule has 0 N–H and O–H groups in total. The highest BCUT2D eigenvalue weighted by atomic mass is 32.2. The average Bonchev–Trinajstić information content (AvgIpc) is 3.73. The number of methoxy groups -OCH3 is 2. The maximum Gasteiger partial charge on any atom is 0.321 e. The van der Waals surface area contributed by atoms with Crippen LogP contribution >= 0.6 is 23.5 Å². The molecule has 7 rings (SSSR count). The van der Waals surface area contributed by atoms with Crippen molar-refractivity contribution in [3.63, 3.8) is 0 Å². The third kappa shape index (κ3) is 4.25. The largest absolute Gasteiger partial charge is 0.468 e. The molecule has 12 nitrogen and oxygen atoms in total. The molecule has 0 unspecified atom stereocenters. The molecule has 0 amide bonds. The molecule has 4 aliphatic rings. The number of carbonyl (C=O) groups excluding carboxylic acids is 4. The first-order chi connectivity index (χ1) is 19.3. The van der Waals surface area contributed by atoms with Gasteiger partial charge in [0.1, 0.15) is 10.8 Å². The van der Waals surface area contributed by atoms with E-state index in [0.29, 0.717) is 24.5 Å². The van der Waals surface area contributed by atoms with Crippen LogP contribution in [0.4, 0.5) is 0 Å². The van der Waals surface area contributed by atoms with E-state index in [2.05, 4.69) is 20.6 Å². The Morgan fingerprint density at radius 3 is 1.52 bits per heavy atom. The second kappa shape index (κ2) is 10.0. The van der Waals surface area contributed by atoms with E-state index in [1.807, 2.05) is 24.3 Å². The number of hydrogen-bond donors (Lipinski definition) is 0. The van der Waals surface area contributed by atoms with Crippen LogP contribution in [0.3, 0.4) is 0 Å². The van der Waals surface area contributed by atoms with Crippen molar-refractivity contribution >= 4 is 47.0 Å². The van der Waals surface area contributed by atoms with Crippen LogP contribution in [0.1, 0.15) is 22.5 Å². The van der Waals surface area contributed by atoms with Gasteiger partial charge in [-0.15, -0.1) is 33.7 Å². The van der Waals surface area contributed by atoms with Gasteiger partial charge in [0, 0.05) is 36.7 Å². The number of esters is 2. The van der Waals surface area contributed by atoms with Crippen LogP contribution in [0.2, 0.25) is 0 Å². The molecular weight excluding hydrogens is 556 g/mol. The standard InChI is InChI=1S/C26H24N6O6S2/c1-37-23(35)25-7-17-11-31(29-27-17)9-15-3-5-16(6-4-15)10-32-12-18(28-30-32)8-26(24(36)38-2)14-40-20(22(26)34)19(21(25)33)39-13-25/h3-6,11-12H,7-10,13-14H2,1-2H3/b20-19+/t25-,26+. The SMILES string of the molecule is COC(=O)[C@]12CS/C(=C3/SC[C@](C(=O)OC)(Cc4cn(nn4)Cc4ccc(cc4)Cn4cc(nn4)C1)C3=O)C2=O. The Balaban J connectivity index is 1.47. The van der Waals surface area contributed by atoms with Gasteiger partial charge in [-0.25, -0.2) is 9.36 Å². The zero-order chi connectivity index (χ0) is 28.1. The summed E-state index contributed by atoms with van der Waals surface area (Å²) < 4.78 is 13.4. The molecule has 0 aliphatic carbocycles. The van der Waals surface area contributed by atoms with E-state index in [0.717, 1.165) is 34.7 Å². The average molecular weight is 581 g/mol. The van der Waals surface area contributed by atoms with Gasteiger partial charge in [-0.05, 0) is 11.1 Å². The lowest BCUT2D eigenvalue weighted by molar-refractivity contribution is -0.156. The number of carbonyl (C=O) groups is 4. The minimum absolute atomic E-state index is 0.0364. The Hall–Kier alpha value is -3.78. The van der Waals surface area contributed by atoms with Crippen molar-refractivity contribution in [2.45, 2.75) is 25.9 Å². The molecule has 2 saturated heterocycles. The summed E-state index contributed by atoms with van der Waals surface area (Å²) in [5, 5.41) is 16.8. The highest BCUT2D eigenvalue weighted by Crippen LogP contribution is 2.52. The van der Waals surface area contributed by atoms with Crippen LogP contribution in [0.15, 0.2) is 46.5 Å². The second-order valence-corrected chi connectivity index (χ2v) is 12.0. The quantitative estimate of drug-likeness (QED) is 0.317. The first-order valence-electron chi connectivity index (χ1n) is 12.4. The van der Waals surface area contributed by atoms with Crippen LogP contribution in [0.5, 0.6) is 0 Å². The molecular formula is C26H24N6O6S2. The molecule has 0 saturated carbocycles. The Morgan fingerprint density at radius 1 is 0.750 bits per heavy atom. The Bertz CT molecular complexity index is 1460. The number of ether oxygens (including phenoxy) is 2. The van der Waals surface area contributed by atoms with Crippen molar-refractivity contribution < 1.29 is 28.7 Å². The second-order valence-electron chi connectivity index (χ2n) is 10.0. The van der Waals surface area contributed by atoms with E-state index in [9.17, 15) is 19.2 Å². The molecule has 0 radical (unpaired) electrons. The van der Waals surface area contributed by atoms with Gasteiger partial charge in [0.2, 0.25) is 0 Å². The highest BCUT2D eigenvalue weighted by Gasteiger charge is 2.59. The molecule has 10 bridgehead atoms. The van der Waals surface area contributed by atoms with Crippen LogP contribution in [0, 0.1) is 10.8 Å². The van der Waals surface area contributed by atoms with Crippen molar-refractivity contribution in [3.8, 4) is 0 Å². The molecule has 2 aromatic heterocycles. The van der Waals surface area contributed by atoms with Crippen molar-refractivity contribution in [1.29, 1.82) is 0 Å². The zero-order valence-electron chi connectivity index (χ0n) is 21.7. The Kier molecular flexibility index (Phi) is 6.61. The lowest BCUT2D eigenvalue weighted by atomic mass is 9.78. The Labute approximate surface area is 236 Å². The zero-order valence-corrected chi connectivity index (χ0v) is 23.3. The molecule has 40 heavy (non-hydrogen) atoms. The molecule has 4 aliphatic heterocycles. The fourth-order valence-electron chi connectivity index (χ4n) is 5.26. The summed E-state index contributed by atoms with van der Waals surface area (Å²) in [6.45, 7) is 0.898. The smallest absolute Gasteiger partial charge is 0.321 e. The van der Waals surface area contributed by atoms with E-state index in [-0.39, 0.29) is 34.2 Å². The van der Waals surface area contributed by atoms with E-state index >= 15 is 0 Å². The number of nitrogens with zero attached hydrogens (tertiary/aromatic N) is 6. The van der Waals surface area contributed by atoms with Crippen LogP contribution in [0.25, 0.3) is 0 Å². The van der Waals surface area contributed by atoms with Gasteiger partial charge < -0.3 is 9.47 Å². The van der Waals surface area contributed by atoms with Gasteiger partial charge in [-0.2, -0.15) is 0 Å². The minimum atomic E-state index is -1.58. The number of allylic oxidation sites excluding steroid dienone is 2. The highest BCUT2D eigenvalue weighted by molar-refractivity contribution is 8.08. The lowest BCUT2D eigenvalue weighted by Crippen LogP contribution is -2.42. The summed E-state index contributed by atoms with van der Waals surface area (Å²) in [4.78, 5) is 54.4. The number of fused-ring (bicyclic) bond motifs is 2. The lowest BCUT2D eigenvalue weighted by Gasteiger charge is -2.22. The van der Waals surface area contributed by atoms with E-state index in [1.165, 1.54) is 14.2 Å². The summed E-state index contributed by atoms with van der Waals surface area (Å²) >= 11 is 2.23. The number of thioether (sulfide) groups is 2. The van der Waals surface area contributed by atoms with Gasteiger partial charge >= 0.3 is 11.9 Å². The van der Waals surface area contributed by atoms with Crippen molar-refractivity contribution in [2.75, 3.05) is 25.7 Å². The van der Waals surface area contributed by atoms with E-state index < -0.39 is 34.3 Å². The molecule has 206 valence electrons. The molecule has 14 heteroatoms. The minimum Gasteiger partial charge on any atom is -0.468 e. The summed E-state index contributed by atoms with van der Waals surface area (Å²) in [5.41, 5.74) is -0.279. The number of ketones is 2. The van der Waals surface area contributed by atoms with Crippen molar-refractivity contribution in [1.82, 2.24) is 30.0 Å². The topological polar surface area (TPSA) is 148 Å². The number of rotatable bonds is 2. The fourth-order valence-corrected chi connectivity index (χ4v) is 8.20. The molecule has 2 atom stereocenters. The first kappa shape index (κ1) is 26.4. The van der Waals surface area contributed by atoms with Crippen molar-refractivity contribution in [3.05, 3.63) is 69.0 Å². The van der Waals surface area contributed by atoms with E-state index in [4.69, 9.17) is 9.47 Å². The molecule has 6 heterocycles. The molecule has 1 aromatic carbocycles. The third-order valence-corrected chi connectivity index (χ3v) is 10.2. The number of Topliss-reactive ketones (excluding diaryl/α,β-unsaturated/α-hetero) is 2. The van der Waals surface area contributed by atoms with Gasteiger partial charge in [-0.3, -0.25) is 19.2 Å². The predicted molar refractivity (Wildman–Crippen MR) is 143 cm³/mol. The maximum atomic E-state index is 13.9. The summed E-state index contributed by atoms with van der Waals surface area (Å²) in [5.74, 6) is -2.32. The molecule has 2 fully saturated rings. The number of benzene rings is 1. The summed E-state index contributed by atoms with van der Waals surface area (Å²) in [6, 6.07) is 7.89. The van der Waals surface area contributed by atoms with Crippen molar-refractivity contribution in [2.24, 2.45) is 10.8 Å². The molecule has 3 aromatic rings. The normalized spacial score (nSPS) is 26.1. The number of aromatic nitrogens is 6. The number of hydrogen-bond acceptors (Lipinski definition) is 12. The monoisotopic (exact) mass is 580 g/mol.